The van der Waals surface area contributed by atoms with Crippen LogP contribution in [0.5, 0.6) is 5.75 Å². The molecule has 0 bridgehead atoms. The van der Waals surface area contributed by atoms with Gasteiger partial charge in [-0.2, -0.15) is 0 Å². The van der Waals surface area contributed by atoms with Gasteiger partial charge in [-0.3, -0.25) is 4.79 Å². The predicted molar refractivity (Wildman–Crippen MR) is 82.0 cm³/mol. The quantitative estimate of drug-likeness (QED) is 0.839. The molecule has 0 saturated carbocycles. The Kier molecular flexibility index (Phi) is 6.02. The summed E-state index contributed by atoms with van der Waals surface area (Å²) in [5.74, 6) is 1.05. The van der Waals surface area contributed by atoms with Crippen LogP contribution in [0.4, 0.5) is 0 Å². The molecule has 1 aromatic rings. The molecule has 1 aromatic carbocycles. The zero-order valence-corrected chi connectivity index (χ0v) is 13.1. The van der Waals surface area contributed by atoms with Crippen LogP contribution >= 0.6 is 0 Å². The summed E-state index contributed by atoms with van der Waals surface area (Å²) in [4.78, 5) is 11.9. The summed E-state index contributed by atoms with van der Waals surface area (Å²) in [6.07, 6.45) is -0.534. The van der Waals surface area contributed by atoms with Crippen LogP contribution in [0.1, 0.15) is 44.7 Å². The van der Waals surface area contributed by atoms with E-state index < -0.39 is 6.10 Å². The van der Waals surface area contributed by atoms with Crippen molar-refractivity contribution in [2.24, 2.45) is 5.73 Å². The van der Waals surface area contributed by atoms with Crippen molar-refractivity contribution in [3.8, 4) is 5.75 Å². The zero-order chi connectivity index (χ0) is 15.3. The fourth-order valence-electron chi connectivity index (χ4n) is 2.05. The average Bonchev–Trinajstić information content (AvgIpc) is 2.37. The smallest absolute Gasteiger partial charge is 0.261 e. The monoisotopic (exact) mass is 278 g/mol. The number of rotatable bonds is 6. The summed E-state index contributed by atoms with van der Waals surface area (Å²) < 4.78 is 5.68. The lowest BCUT2D eigenvalue weighted by Crippen LogP contribution is -2.44. The van der Waals surface area contributed by atoms with E-state index in [-0.39, 0.29) is 11.9 Å². The van der Waals surface area contributed by atoms with E-state index >= 15 is 0 Å². The topological polar surface area (TPSA) is 64.3 Å². The van der Waals surface area contributed by atoms with Crippen LogP contribution in [0.15, 0.2) is 18.2 Å². The largest absolute Gasteiger partial charge is 0.481 e. The van der Waals surface area contributed by atoms with E-state index in [9.17, 15) is 4.79 Å². The Morgan fingerprint density at radius 1 is 1.30 bits per heavy atom. The van der Waals surface area contributed by atoms with Crippen LogP contribution in [0, 0.1) is 6.92 Å². The van der Waals surface area contributed by atoms with Gasteiger partial charge in [0.2, 0.25) is 0 Å². The molecule has 1 amide bonds. The number of hydrogen-bond acceptors (Lipinski definition) is 3. The van der Waals surface area contributed by atoms with Gasteiger partial charge >= 0.3 is 0 Å². The molecule has 0 radical (unpaired) electrons. The third-order valence-corrected chi connectivity index (χ3v) is 3.29. The normalized spacial score (nSPS) is 13.9. The fraction of sp³-hybridized carbons (Fsp3) is 0.562. The Labute approximate surface area is 121 Å². The SMILES string of the molecule is Cc1cc(OC(C)C(=O)N[C@@H](C)CN)ccc1C(C)C. The number of carbonyl (C=O) groups is 1. The molecule has 112 valence electrons. The van der Waals surface area contributed by atoms with Gasteiger partial charge in [-0.25, -0.2) is 0 Å². The second-order valence-electron chi connectivity index (χ2n) is 5.58. The maximum atomic E-state index is 11.9. The molecule has 2 atom stereocenters. The highest BCUT2D eigenvalue weighted by Gasteiger charge is 2.16. The van der Waals surface area contributed by atoms with E-state index in [0.29, 0.717) is 12.5 Å². The summed E-state index contributed by atoms with van der Waals surface area (Å²) in [6.45, 7) is 10.4. The van der Waals surface area contributed by atoms with Crippen LogP contribution in [-0.2, 0) is 4.79 Å². The first-order valence-electron chi connectivity index (χ1n) is 7.12. The van der Waals surface area contributed by atoms with Gasteiger partial charge in [-0.05, 0) is 49.9 Å². The molecular weight excluding hydrogens is 252 g/mol. The number of carbonyl (C=O) groups excluding carboxylic acids is 1. The van der Waals surface area contributed by atoms with Gasteiger partial charge in [-0.1, -0.05) is 19.9 Å². The molecule has 4 heteroatoms. The third-order valence-electron chi connectivity index (χ3n) is 3.29. The van der Waals surface area contributed by atoms with Crippen LogP contribution in [-0.4, -0.2) is 24.6 Å². The van der Waals surface area contributed by atoms with Crippen LogP contribution < -0.4 is 15.8 Å². The number of benzene rings is 1. The van der Waals surface area contributed by atoms with Crippen molar-refractivity contribution in [1.82, 2.24) is 5.32 Å². The van der Waals surface area contributed by atoms with Crippen LogP contribution in [0.3, 0.4) is 0 Å². The van der Waals surface area contributed by atoms with Crippen molar-refractivity contribution < 1.29 is 9.53 Å². The molecule has 20 heavy (non-hydrogen) atoms. The molecule has 0 aliphatic heterocycles. The first-order chi connectivity index (χ1) is 9.35. The number of nitrogens with two attached hydrogens (primary N) is 1. The fourth-order valence-corrected chi connectivity index (χ4v) is 2.05. The lowest BCUT2D eigenvalue weighted by atomic mass is 9.98. The van der Waals surface area contributed by atoms with E-state index in [0.717, 1.165) is 5.75 Å². The second-order valence-corrected chi connectivity index (χ2v) is 5.58. The second kappa shape index (κ2) is 7.29. The van der Waals surface area contributed by atoms with E-state index in [2.05, 4.69) is 32.2 Å². The van der Waals surface area contributed by atoms with E-state index in [1.165, 1.54) is 11.1 Å². The van der Waals surface area contributed by atoms with Crippen molar-refractivity contribution in [1.29, 1.82) is 0 Å². The summed E-state index contributed by atoms with van der Waals surface area (Å²) in [6, 6.07) is 5.91. The molecule has 4 nitrogen and oxygen atoms in total. The van der Waals surface area contributed by atoms with Gasteiger partial charge in [0.1, 0.15) is 5.75 Å². The highest BCUT2D eigenvalue weighted by atomic mass is 16.5. The Morgan fingerprint density at radius 3 is 2.45 bits per heavy atom. The van der Waals surface area contributed by atoms with E-state index in [1.54, 1.807) is 6.92 Å². The number of nitrogens with one attached hydrogen (secondary N) is 1. The predicted octanol–water partition coefficient (Wildman–Crippen LogP) is 2.35. The minimum absolute atomic E-state index is 0.0430. The van der Waals surface area contributed by atoms with Gasteiger partial charge in [-0.15, -0.1) is 0 Å². The standard InChI is InChI=1S/C16H26N2O2/c1-10(2)15-7-6-14(8-11(15)3)20-13(5)16(19)18-12(4)9-17/h6-8,10,12-13H,9,17H2,1-5H3,(H,18,19)/t12-,13?/m0/s1. The molecule has 1 rings (SSSR count). The zero-order valence-electron chi connectivity index (χ0n) is 13.1. The van der Waals surface area contributed by atoms with Gasteiger partial charge in [0, 0.05) is 12.6 Å². The highest BCUT2D eigenvalue weighted by molar-refractivity contribution is 5.81. The lowest BCUT2D eigenvalue weighted by molar-refractivity contribution is -0.127. The van der Waals surface area contributed by atoms with Gasteiger partial charge in [0.05, 0.1) is 0 Å². The maximum Gasteiger partial charge on any atom is 0.261 e. The number of ether oxygens (including phenoxy) is 1. The Morgan fingerprint density at radius 2 is 1.95 bits per heavy atom. The Balaban J connectivity index is 2.69. The van der Waals surface area contributed by atoms with Crippen molar-refractivity contribution in [2.45, 2.75) is 52.7 Å². The van der Waals surface area contributed by atoms with Crippen molar-refractivity contribution in [3.63, 3.8) is 0 Å². The number of hydrogen-bond donors (Lipinski definition) is 2. The molecule has 3 N–H and O–H groups in total. The summed E-state index contributed by atoms with van der Waals surface area (Å²) in [5.41, 5.74) is 7.96. The third kappa shape index (κ3) is 4.53. The van der Waals surface area contributed by atoms with Gasteiger partial charge in [0.25, 0.3) is 5.91 Å². The van der Waals surface area contributed by atoms with Gasteiger partial charge in [0.15, 0.2) is 6.10 Å². The highest BCUT2D eigenvalue weighted by Crippen LogP contribution is 2.24. The lowest BCUT2D eigenvalue weighted by Gasteiger charge is -2.19. The minimum Gasteiger partial charge on any atom is -0.481 e. The first-order valence-corrected chi connectivity index (χ1v) is 7.12. The molecule has 0 fully saturated rings. The number of aryl methyl sites for hydroxylation is 1. The van der Waals surface area contributed by atoms with Crippen LogP contribution in [0.2, 0.25) is 0 Å². The Bertz CT molecular complexity index is 458. The first kappa shape index (κ1) is 16.5. The summed E-state index contributed by atoms with van der Waals surface area (Å²) >= 11 is 0. The molecule has 1 unspecified atom stereocenters. The van der Waals surface area contributed by atoms with Crippen molar-refractivity contribution in [3.05, 3.63) is 29.3 Å². The van der Waals surface area contributed by atoms with E-state index in [4.69, 9.17) is 10.5 Å². The molecular formula is C16H26N2O2. The molecule has 0 saturated heterocycles. The average molecular weight is 278 g/mol. The molecule has 0 heterocycles. The maximum absolute atomic E-state index is 11.9. The van der Waals surface area contributed by atoms with E-state index in [1.807, 2.05) is 19.1 Å². The van der Waals surface area contributed by atoms with Crippen molar-refractivity contribution in [2.75, 3.05) is 6.54 Å². The van der Waals surface area contributed by atoms with Gasteiger partial charge < -0.3 is 15.8 Å². The molecule has 0 aliphatic carbocycles. The molecule has 0 aliphatic rings. The minimum atomic E-state index is -0.534. The van der Waals surface area contributed by atoms with Crippen LogP contribution in [0.25, 0.3) is 0 Å². The molecule has 0 spiro atoms. The molecule has 0 aromatic heterocycles. The summed E-state index contributed by atoms with van der Waals surface area (Å²) in [5, 5.41) is 2.80. The Hall–Kier alpha value is -1.55. The summed E-state index contributed by atoms with van der Waals surface area (Å²) in [7, 11) is 0. The van der Waals surface area contributed by atoms with Crippen molar-refractivity contribution >= 4 is 5.91 Å². The number of amides is 1.